The van der Waals surface area contributed by atoms with E-state index >= 15 is 0 Å². The first-order chi connectivity index (χ1) is 17.7. The number of hydrogen-bond donors (Lipinski definition) is 2. The van der Waals surface area contributed by atoms with Crippen molar-refractivity contribution in [2.45, 2.75) is 39.1 Å². The summed E-state index contributed by atoms with van der Waals surface area (Å²) in [6.45, 7) is 5.22. The van der Waals surface area contributed by atoms with Crippen molar-refractivity contribution in [3.05, 3.63) is 65.5 Å². The van der Waals surface area contributed by atoms with Gasteiger partial charge in [0.2, 0.25) is 5.91 Å². The summed E-state index contributed by atoms with van der Waals surface area (Å²) in [6, 6.07) is 11.6. The fourth-order valence-corrected chi connectivity index (χ4v) is 3.48. The number of likely N-dealkylation sites (tertiary alicyclic amines) is 1. The Morgan fingerprint density at radius 2 is 1.63 bits per heavy atom. The smallest absolute Gasteiger partial charge is 0.444 e. The molecule has 1 aliphatic rings. The van der Waals surface area contributed by atoms with Crippen LogP contribution in [0.1, 0.15) is 36.7 Å². The predicted octanol–water partition coefficient (Wildman–Crippen LogP) is 3.55. The van der Waals surface area contributed by atoms with E-state index in [9.17, 15) is 36.7 Å². The number of para-hydroxylation sites is 1. The van der Waals surface area contributed by atoms with Gasteiger partial charge in [-0.1, -0.05) is 24.3 Å². The Kier molecular flexibility index (Phi) is 8.28. The Morgan fingerprint density at radius 1 is 1.00 bits per heavy atom. The first-order valence-electron chi connectivity index (χ1n) is 11.5. The number of carbonyl (C=O) groups excluding carboxylic acids is 4. The number of amides is 4. The molecule has 13 heteroatoms. The number of alkyl halides is 3. The highest BCUT2D eigenvalue weighted by Gasteiger charge is 2.40. The van der Waals surface area contributed by atoms with Crippen molar-refractivity contribution in [2.24, 2.45) is 5.92 Å². The van der Waals surface area contributed by atoms with Gasteiger partial charge in [0.05, 0.1) is 12.5 Å². The lowest BCUT2D eigenvalue weighted by molar-refractivity contribution is -0.174. The molecule has 3 rings (SSSR count). The molecule has 38 heavy (non-hydrogen) atoms. The fourth-order valence-electron chi connectivity index (χ4n) is 3.48. The number of hydrogen-bond acceptors (Lipinski definition) is 5. The van der Waals surface area contributed by atoms with Crippen LogP contribution in [0.2, 0.25) is 0 Å². The third-order valence-corrected chi connectivity index (χ3v) is 5.41. The van der Waals surface area contributed by atoms with E-state index in [0.717, 1.165) is 12.1 Å². The van der Waals surface area contributed by atoms with Gasteiger partial charge in [-0.05, 0) is 45.0 Å². The number of nitrogens with one attached hydrogen (secondary N) is 2. The quantitative estimate of drug-likeness (QED) is 0.447. The molecule has 1 saturated heterocycles. The molecule has 0 atom stereocenters. The van der Waals surface area contributed by atoms with Gasteiger partial charge < -0.3 is 14.5 Å². The van der Waals surface area contributed by atoms with Gasteiger partial charge in [0.15, 0.2) is 0 Å². The van der Waals surface area contributed by atoms with Gasteiger partial charge in [-0.2, -0.15) is 13.2 Å². The Balaban J connectivity index is 1.71. The monoisotopic (exact) mass is 538 g/mol. The molecule has 1 heterocycles. The number of ether oxygens (including phenoxy) is 1. The second-order valence-electron chi connectivity index (χ2n) is 9.55. The molecule has 9 nitrogen and oxygen atoms in total. The Hall–Kier alpha value is -4.16. The topological polar surface area (TPSA) is 108 Å². The summed E-state index contributed by atoms with van der Waals surface area (Å²) < 4.78 is 57.0. The maximum Gasteiger partial charge on any atom is 0.472 e. The molecular weight excluding hydrogens is 512 g/mol. The normalized spacial score (nSPS) is 13.8. The van der Waals surface area contributed by atoms with Gasteiger partial charge in [0.25, 0.3) is 5.91 Å². The van der Waals surface area contributed by atoms with E-state index in [2.05, 4.69) is 0 Å². The van der Waals surface area contributed by atoms with Crippen molar-refractivity contribution in [3.63, 3.8) is 0 Å². The van der Waals surface area contributed by atoms with Gasteiger partial charge in [-0.25, -0.2) is 9.18 Å². The molecule has 0 saturated carbocycles. The zero-order valence-corrected chi connectivity index (χ0v) is 20.8. The van der Waals surface area contributed by atoms with Crippen LogP contribution in [-0.4, -0.2) is 53.6 Å². The molecule has 0 spiro atoms. The van der Waals surface area contributed by atoms with Crippen molar-refractivity contribution < 1.29 is 41.5 Å². The van der Waals surface area contributed by atoms with Gasteiger partial charge >= 0.3 is 18.2 Å². The van der Waals surface area contributed by atoms with Crippen molar-refractivity contribution in [2.75, 3.05) is 18.0 Å². The Labute approximate surface area is 215 Å². The summed E-state index contributed by atoms with van der Waals surface area (Å²) in [5.41, 5.74) is 2.23. The molecular formula is C25H26F4N4O5. The maximum atomic E-state index is 14.9. The number of nitrogens with zero attached hydrogens (tertiary/aromatic N) is 2. The standard InChI is InChI=1S/C25H26F4N4O5/c1-24(2,3)38-23(37)32-12-17(13-32)21(35)33(18-7-5-4-6-8-18)14-16-10-9-15(11-19(16)26)20(34)30-31-22(36)25(27,28)29/h4-11,17H,12-14H2,1-3H3,(H,30,34)(H,31,36). The van der Waals surface area contributed by atoms with Gasteiger partial charge in [-0.15, -0.1) is 0 Å². The molecule has 2 aromatic rings. The minimum Gasteiger partial charge on any atom is -0.444 e. The minimum absolute atomic E-state index is 0.0291. The highest BCUT2D eigenvalue weighted by atomic mass is 19.4. The Morgan fingerprint density at radius 3 is 2.18 bits per heavy atom. The first kappa shape index (κ1) is 28.4. The van der Waals surface area contributed by atoms with Crippen molar-refractivity contribution in [3.8, 4) is 0 Å². The molecule has 0 unspecified atom stereocenters. The average molecular weight is 538 g/mol. The molecule has 1 fully saturated rings. The summed E-state index contributed by atoms with van der Waals surface area (Å²) in [4.78, 5) is 51.2. The van der Waals surface area contributed by atoms with Crippen LogP contribution in [0.4, 0.5) is 28.0 Å². The van der Waals surface area contributed by atoms with E-state index in [1.165, 1.54) is 21.3 Å². The highest BCUT2D eigenvalue weighted by Crippen LogP contribution is 2.26. The van der Waals surface area contributed by atoms with Crippen LogP contribution < -0.4 is 15.8 Å². The summed E-state index contributed by atoms with van der Waals surface area (Å²) in [5, 5.41) is 0. The molecule has 2 N–H and O–H groups in total. The lowest BCUT2D eigenvalue weighted by atomic mass is 9.98. The number of halogens is 4. The van der Waals surface area contributed by atoms with E-state index in [0.29, 0.717) is 5.69 Å². The predicted molar refractivity (Wildman–Crippen MR) is 127 cm³/mol. The molecule has 0 aromatic heterocycles. The van der Waals surface area contributed by atoms with E-state index in [1.807, 2.05) is 0 Å². The van der Waals surface area contributed by atoms with Crippen LogP contribution in [0.25, 0.3) is 0 Å². The average Bonchev–Trinajstić information content (AvgIpc) is 2.79. The molecule has 0 radical (unpaired) electrons. The SMILES string of the molecule is CC(C)(C)OC(=O)N1CC(C(=O)N(Cc2ccc(C(=O)NNC(=O)C(F)(F)F)cc2F)c2ccccc2)C1. The maximum absolute atomic E-state index is 14.9. The molecule has 1 aliphatic heterocycles. The van der Waals surface area contributed by atoms with Crippen LogP contribution in [0.5, 0.6) is 0 Å². The van der Waals surface area contributed by atoms with Crippen LogP contribution >= 0.6 is 0 Å². The molecule has 4 amide bonds. The zero-order valence-electron chi connectivity index (χ0n) is 20.8. The van der Waals surface area contributed by atoms with Crippen molar-refractivity contribution in [1.82, 2.24) is 15.8 Å². The van der Waals surface area contributed by atoms with E-state index < -0.39 is 41.4 Å². The van der Waals surface area contributed by atoms with E-state index in [4.69, 9.17) is 4.74 Å². The number of rotatable bonds is 5. The number of carbonyl (C=O) groups is 4. The largest absolute Gasteiger partial charge is 0.472 e. The van der Waals surface area contributed by atoms with E-state index in [1.54, 1.807) is 56.5 Å². The number of hydrazine groups is 1. The summed E-state index contributed by atoms with van der Waals surface area (Å²) >= 11 is 0. The second-order valence-corrected chi connectivity index (χ2v) is 9.55. The van der Waals surface area contributed by atoms with Crippen LogP contribution in [-0.2, 0) is 20.9 Å². The highest BCUT2D eigenvalue weighted by molar-refractivity contribution is 5.97. The van der Waals surface area contributed by atoms with Gasteiger partial charge in [0.1, 0.15) is 11.4 Å². The van der Waals surface area contributed by atoms with Crippen LogP contribution in [0.15, 0.2) is 48.5 Å². The number of benzene rings is 2. The molecule has 204 valence electrons. The fraction of sp³-hybridized carbons (Fsp3) is 0.360. The van der Waals surface area contributed by atoms with E-state index in [-0.39, 0.29) is 36.7 Å². The zero-order chi connectivity index (χ0) is 28.3. The lowest BCUT2D eigenvalue weighted by Crippen LogP contribution is -2.57. The van der Waals surface area contributed by atoms with Crippen LogP contribution in [0, 0.1) is 11.7 Å². The van der Waals surface area contributed by atoms with Gasteiger partial charge in [-0.3, -0.25) is 25.2 Å². The van der Waals surface area contributed by atoms with Crippen molar-refractivity contribution in [1.29, 1.82) is 0 Å². The Bertz CT molecular complexity index is 1210. The lowest BCUT2D eigenvalue weighted by Gasteiger charge is -2.41. The minimum atomic E-state index is -5.21. The van der Waals surface area contributed by atoms with Gasteiger partial charge in [0, 0.05) is 29.9 Å². The number of anilines is 1. The molecule has 2 aromatic carbocycles. The summed E-state index contributed by atoms with van der Waals surface area (Å²) in [5.74, 6) is -5.35. The third-order valence-electron chi connectivity index (χ3n) is 5.41. The van der Waals surface area contributed by atoms with Crippen LogP contribution in [0.3, 0.4) is 0 Å². The summed E-state index contributed by atoms with van der Waals surface area (Å²) in [7, 11) is 0. The second kappa shape index (κ2) is 11.1. The first-order valence-corrected chi connectivity index (χ1v) is 11.5. The molecule has 0 aliphatic carbocycles. The van der Waals surface area contributed by atoms with Crippen molar-refractivity contribution >= 4 is 29.5 Å². The summed E-state index contributed by atoms with van der Waals surface area (Å²) in [6.07, 6.45) is -5.75. The molecule has 0 bridgehead atoms. The third kappa shape index (κ3) is 7.20.